The first kappa shape index (κ1) is 13.6. The van der Waals surface area contributed by atoms with Crippen LogP contribution >= 0.6 is 15.9 Å². The standard InChI is InChI=1S/C15H13BrO3/c1-2-19-13-6-4-3-5-11(13)14-10(9-17)7-8-12(18)15(14)16/h3-9,18H,2H2,1H3. The van der Waals surface area contributed by atoms with Gasteiger partial charge >= 0.3 is 0 Å². The molecule has 0 aromatic heterocycles. The van der Waals surface area contributed by atoms with Crippen molar-refractivity contribution in [1.82, 2.24) is 0 Å². The van der Waals surface area contributed by atoms with E-state index in [1.165, 1.54) is 6.07 Å². The lowest BCUT2D eigenvalue weighted by Gasteiger charge is -2.14. The van der Waals surface area contributed by atoms with Gasteiger partial charge in [0.15, 0.2) is 6.29 Å². The number of carbonyl (C=O) groups is 1. The first-order valence-corrected chi connectivity index (χ1v) is 6.67. The highest BCUT2D eigenvalue weighted by Crippen LogP contribution is 2.41. The van der Waals surface area contributed by atoms with E-state index in [2.05, 4.69) is 15.9 Å². The topological polar surface area (TPSA) is 46.5 Å². The third kappa shape index (κ3) is 2.63. The van der Waals surface area contributed by atoms with E-state index in [9.17, 15) is 9.90 Å². The summed E-state index contributed by atoms with van der Waals surface area (Å²) in [6, 6.07) is 10.5. The average molecular weight is 321 g/mol. The lowest BCUT2D eigenvalue weighted by molar-refractivity contribution is 0.112. The van der Waals surface area contributed by atoms with Crippen LogP contribution in [0.1, 0.15) is 17.3 Å². The molecule has 0 saturated heterocycles. The lowest BCUT2D eigenvalue weighted by Crippen LogP contribution is -1.96. The number of benzene rings is 2. The molecular weight excluding hydrogens is 308 g/mol. The molecule has 0 unspecified atom stereocenters. The van der Waals surface area contributed by atoms with E-state index in [4.69, 9.17) is 4.74 Å². The number of hydrogen-bond acceptors (Lipinski definition) is 3. The summed E-state index contributed by atoms with van der Waals surface area (Å²) in [7, 11) is 0. The first-order valence-electron chi connectivity index (χ1n) is 5.87. The largest absolute Gasteiger partial charge is 0.507 e. The van der Waals surface area contributed by atoms with Gasteiger partial charge in [-0.1, -0.05) is 18.2 Å². The van der Waals surface area contributed by atoms with E-state index in [1.807, 2.05) is 31.2 Å². The molecule has 2 aromatic carbocycles. The third-order valence-electron chi connectivity index (χ3n) is 2.74. The highest BCUT2D eigenvalue weighted by Gasteiger charge is 2.16. The monoisotopic (exact) mass is 320 g/mol. The molecule has 0 atom stereocenters. The van der Waals surface area contributed by atoms with Gasteiger partial charge in [-0.05, 0) is 41.1 Å². The maximum absolute atomic E-state index is 11.2. The Hall–Kier alpha value is -1.81. The summed E-state index contributed by atoms with van der Waals surface area (Å²) in [6.07, 6.45) is 0.766. The summed E-state index contributed by atoms with van der Waals surface area (Å²) >= 11 is 3.33. The van der Waals surface area contributed by atoms with Gasteiger partial charge in [-0.25, -0.2) is 0 Å². The molecule has 3 nitrogen and oxygen atoms in total. The van der Waals surface area contributed by atoms with Gasteiger partial charge in [0.05, 0.1) is 11.1 Å². The van der Waals surface area contributed by atoms with Gasteiger partial charge in [0, 0.05) is 16.7 Å². The highest BCUT2D eigenvalue weighted by molar-refractivity contribution is 9.10. The fraction of sp³-hybridized carbons (Fsp3) is 0.133. The molecule has 19 heavy (non-hydrogen) atoms. The maximum atomic E-state index is 11.2. The van der Waals surface area contributed by atoms with E-state index in [0.29, 0.717) is 28.0 Å². The highest BCUT2D eigenvalue weighted by atomic mass is 79.9. The second-order valence-corrected chi connectivity index (χ2v) is 4.70. The second-order valence-electron chi connectivity index (χ2n) is 3.91. The molecule has 0 aliphatic heterocycles. The Labute approximate surface area is 120 Å². The third-order valence-corrected chi connectivity index (χ3v) is 3.54. The molecule has 0 bridgehead atoms. The van der Waals surface area contributed by atoms with Crippen LogP contribution in [-0.4, -0.2) is 18.0 Å². The summed E-state index contributed by atoms with van der Waals surface area (Å²) in [5.41, 5.74) is 1.91. The van der Waals surface area contributed by atoms with E-state index in [0.717, 1.165) is 11.8 Å². The number of rotatable bonds is 4. The summed E-state index contributed by atoms with van der Waals surface area (Å²) in [5.74, 6) is 0.770. The number of phenolic OH excluding ortho intramolecular Hbond substituents is 1. The molecule has 98 valence electrons. The Morgan fingerprint density at radius 3 is 2.68 bits per heavy atom. The molecule has 2 aromatic rings. The van der Waals surface area contributed by atoms with Gasteiger partial charge in [-0.3, -0.25) is 4.79 Å². The zero-order valence-corrected chi connectivity index (χ0v) is 12.0. The van der Waals surface area contributed by atoms with Crippen LogP contribution in [0.25, 0.3) is 11.1 Å². The van der Waals surface area contributed by atoms with E-state index >= 15 is 0 Å². The van der Waals surface area contributed by atoms with Crippen molar-refractivity contribution >= 4 is 22.2 Å². The molecular formula is C15H13BrO3. The quantitative estimate of drug-likeness (QED) is 0.865. The summed E-state index contributed by atoms with van der Waals surface area (Å²) in [5, 5.41) is 9.80. The van der Waals surface area contributed by atoms with Crippen molar-refractivity contribution in [1.29, 1.82) is 0 Å². The predicted molar refractivity (Wildman–Crippen MR) is 77.8 cm³/mol. The molecule has 0 radical (unpaired) electrons. The van der Waals surface area contributed by atoms with Crippen LogP contribution in [0.15, 0.2) is 40.9 Å². The molecule has 0 amide bonds. The Morgan fingerprint density at radius 1 is 1.26 bits per heavy atom. The van der Waals surface area contributed by atoms with Crippen LogP contribution in [-0.2, 0) is 0 Å². The van der Waals surface area contributed by atoms with Crippen LogP contribution in [0.5, 0.6) is 11.5 Å². The summed E-state index contributed by atoms with van der Waals surface area (Å²) in [6.45, 7) is 2.43. The molecule has 0 spiro atoms. The Balaban J connectivity index is 2.71. The van der Waals surface area contributed by atoms with Crippen molar-refractivity contribution < 1.29 is 14.6 Å². The molecule has 0 heterocycles. The van der Waals surface area contributed by atoms with E-state index < -0.39 is 0 Å². The summed E-state index contributed by atoms with van der Waals surface area (Å²) in [4.78, 5) is 11.2. The minimum absolute atomic E-state index is 0.0897. The van der Waals surface area contributed by atoms with Crippen LogP contribution in [0.3, 0.4) is 0 Å². The normalized spacial score (nSPS) is 10.2. The van der Waals surface area contributed by atoms with Crippen LogP contribution in [0.2, 0.25) is 0 Å². The van der Waals surface area contributed by atoms with Gasteiger partial charge < -0.3 is 9.84 Å². The molecule has 2 rings (SSSR count). The number of carbonyl (C=O) groups excluding carboxylic acids is 1. The van der Waals surface area contributed by atoms with Crippen molar-refractivity contribution in [2.24, 2.45) is 0 Å². The maximum Gasteiger partial charge on any atom is 0.150 e. The van der Waals surface area contributed by atoms with Crippen LogP contribution in [0, 0.1) is 0 Å². The zero-order chi connectivity index (χ0) is 13.8. The SMILES string of the molecule is CCOc1ccccc1-c1c(C=O)ccc(O)c1Br. The van der Waals surface area contributed by atoms with Crippen molar-refractivity contribution in [3.8, 4) is 22.6 Å². The van der Waals surface area contributed by atoms with Crippen LogP contribution in [0.4, 0.5) is 0 Å². The van der Waals surface area contributed by atoms with Gasteiger partial charge in [0.25, 0.3) is 0 Å². The number of ether oxygens (including phenoxy) is 1. The lowest BCUT2D eigenvalue weighted by atomic mass is 9.99. The number of halogens is 1. The Morgan fingerprint density at radius 2 is 2.00 bits per heavy atom. The number of hydrogen-bond donors (Lipinski definition) is 1. The molecule has 1 N–H and O–H groups in total. The Kier molecular flexibility index (Phi) is 4.22. The summed E-state index contributed by atoms with van der Waals surface area (Å²) < 4.78 is 6.06. The molecule has 0 saturated carbocycles. The van der Waals surface area contributed by atoms with Gasteiger partial charge in [-0.15, -0.1) is 0 Å². The zero-order valence-electron chi connectivity index (χ0n) is 10.4. The predicted octanol–water partition coefficient (Wildman–Crippen LogP) is 4.03. The van der Waals surface area contributed by atoms with Crippen LogP contribution < -0.4 is 4.74 Å². The fourth-order valence-corrected chi connectivity index (χ4v) is 2.48. The molecule has 0 aliphatic carbocycles. The van der Waals surface area contributed by atoms with Gasteiger partial charge in [-0.2, -0.15) is 0 Å². The smallest absolute Gasteiger partial charge is 0.150 e. The minimum Gasteiger partial charge on any atom is -0.507 e. The van der Waals surface area contributed by atoms with Crippen molar-refractivity contribution in [3.63, 3.8) is 0 Å². The van der Waals surface area contributed by atoms with Crippen molar-refractivity contribution in [3.05, 3.63) is 46.4 Å². The van der Waals surface area contributed by atoms with E-state index in [1.54, 1.807) is 6.07 Å². The number of aldehydes is 1. The first-order chi connectivity index (χ1) is 9.19. The molecule has 0 fully saturated rings. The van der Waals surface area contributed by atoms with E-state index in [-0.39, 0.29) is 5.75 Å². The molecule has 0 aliphatic rings. The molecule has 4 heteroatoms. The van der Waals surface area contributed by atoms with Crippen molar-refractivity contribution in [2.75, 3.05) is 6.61 Å². The van der Waals surface area contributed by atoms with Gasteiger partial charge in [0.1, 0.15) is 11.5 Å². The number of aromatic hydroxyl groups is 1. The number of phenols is 1. The number of para-hydroxylation sites is 1. The Bertz CT molecular complexity index is 608. The second kappa shape index (κ2) is 5.89. The van der Waals surface area contributed by atoms with Gasteiger partial charge in [0.2, 0.25) is 0 Å². The fourth-order valence-electron chi connectivity index (χ4n) is 1.91. The van der Waals surface area contributed by atoms with Crippen molar-refractivity contribution in [2.45, 2.75) is 6.92 Å². The average Bonchev–Trinajstić information content (AvgIpc) is 2.43. The minimum atomic E-state index is 0.0897.